The van der Waals surface area contributed by atoms with Gasteiger partial charge in [0.1, 0.15) is 0 Å². The van der Waals surface area contributed by atoms with E-state index in [9.17, 15) is 9.59 Å². The minimum atomic E-state index is -0.601. The van der Waals surface area contributed by atoms with Crippen LogP contribution >= 0.6 is 0 Å². The van der Waals surface area contributed by atoms with Crippen LogP contribution < -0.4 is 5.32 Å². The van der Waals surface area contributed by atoms with Gasteiger partial charge in [-0.05, 0) is 31.2 Å². The van der Waals surface area contributed by atoms with E-state index in [0.29, 0.717) is 19.1 Å². The maximum absolute atomic E-state index is 13.0. The van der Waals surface area contributed by atoms with E-state index < -0.39 is 6.10 Å². The molecule has 1 aromatic carbocycles. The van der Waals surface area contributed by atoms with E-state index in [0.717, 1.165) is 31.2 Å². The molecule has 1 saturated heterocycles. The van der Waals surface area contributed by atoms with Gasteiger partial charge in [0, 0.05) is 26.2 Å². The molecule has 2 atom stereocenters. The highest BCUT2D eigenvalue weighted by Gasteiger charge is 2.33. The molecule has 0 spiro atoms. The van der Waals surface area contributed by atoms with Crippen molar-refractivity contribution in [1.82, 2.24) is 10.2 Å². The number of carbonyl (C=O) groups excluding carboxylic acids is 2. The van der Waals surface area contributed by atoms with Crippen LogP contribution in [0.15, 0.2) is 30.3 Å². The van der Waals surface area contributed by atoms with Gasteiger partial charge in [-0.2, -0.15) is 0 Å². The second-order valence-corrected chi connectivity index (χ2v) is 7.49. The Balaban J connectivity index is 1.60. The van der Waals surface area contributed by atoms with Crippen molar-refractivity contribution in [3.8, 4) is 0 Å². The van der Waals surface area contributed by atoms with E-state index in [1.807, 2.05) is 30.3 Å². The summed E-state index contributed by atoms with van der Waals surface area (Å²) in [6, 6.07) is 9.87. The first-order valence-corrected chi connectivity index (χ1v) is 9.86. The van der Waals surface area contributed by atoms with E-state index in [2.05, 4.69) is 5.32 Å². The van der Waals surface area contributed by atoms with Crippen LogP contribution in [0.25, 0.3) is 0 Å². The fourth-order valence-electron chi connectivity index (χ4n) is 4.13. The van der Waals surface area contributed by atoms with Crippen LogP contribution in [-0.4, -0.2) is 43.0 Å². The Morgan fingerprint density at radius 3 is 2.50 bits per heavy atom. The zero-order chi connectivity index (χ0) is 18.4. The first-order valence-electron chi connectivity index (χ1n) is 9.86. The summed E-state index contributed by atoms with van der Waals surface area (Å²) >= 11 is 0. The number of likely N-dealkylation sites (tertiary alicyclic amines) is 1. The largest absolute Gasteiger partial charge is 0.367 e. The molecule has 1 aromatic rings. The molecule has 26 heavy (non-hydrogen) atoms. The Kier molecular flexibility index (Phi) is 6.67. The Labute approximate surface area is 156 Å². The predicted octanol–water partition coefficient (Wildman–Crippen LogP) is 3.06. The molecule has 142 valence electrons. The summed E-state index contributed by atoms with van der Waals surface area (Å²) in [7, 11) is 1.56. The van der Waals surface area contributed by atoms with Crippen molar-refractivity contribution in [2.75, 3.05) is 20.2 Å². The quantitative estimate of drug-likeness (QED) is 0.880. The van der Waals surface area contributed by atoms with Gasteiger partial charge in [-0.3, -0.25) is 9.59 Å². The molecule has 2 unspecified atom stereocenters. The number of amides is 2. The van der Waals surface area contributed by atoms with Crippen molar-refractivity contribution in [2.45, 2.75) is 57.1 Å². The summed E-state index contributed by atoms with van der Waals surface area (Å²) in [4.78, 5) is 27.4. The Morgan fingerprint density at radius 2 is 1.81 bits per heavy atom. The fourth-order valence-corrected chi connectivity index (χ4v) is 4.13. The van der Waals surface area contributed by atoms with E-state index in [4.69, 9.17) is 4.74 Å². The Bertz CT molecular complexity index is 599. The van der Waals surface area contributed by atoms with E-state index in [-0.39, 0.29) is 17.7 Å². The zero-order valence-corrected chi connectivity index (χ0v) is 15.7. The average Bonchev–Trinajstić information content (AvgIpc) is 2.70. The number of nitrogens with one attached hydrogen (secondary N) is 1. The van der Waals surface area contributed by atoms with Gasteiger partial charge in [0.05, 0.1) is 5.92 Å². The van der Waals surface area contributed by atoms with Gasteiger partial charge >= 0.3 is 0 Å². The van der Waals surface area contributed by atoms with Crippen LogP contribution in [0.1, 0.15) is 56.6 Å². The van der Waals surface area contributed by atoms with Crippen LogP contribution in [0.4, 0.5) is 0 Å². The van der Waals surface area contributed by atoms with Crippen molar-refractivity contribution in [3.05, 3.63) is 35.9 Å². The van der Waals surface area contributed by atoms with Gasteiger partial charge in [0.15, 0.2) is 6.10 Å². The van der Waals surface area contributed by atoms with Gasteiger partial charge in [0.2, 0.25) is 5.91 Å². The molecule has 5 nitrogen and oxygen atoms in total. The summed E-state index contributed by atoms with van der Waals surface area (Å²) in [6.07, 6.45) is 6.96. The normalized spacial score (nSPS) is 22.7. The van der Waals surface area contributed by atoms with Crippen molar-refractivity contribution >= 4 is 11.8 Å². The molecule has 1 N–H and O–H groups in total. The van der Waals surface area contributed by atoms with Crippen molar-refractivity contribution in [2.24, 2.45) is 5.92 Å². The second kappa shape index (κ2) is 9.17. The highest BCUT2D eigenvalue weighted by molar-refractivity contribution is 5.84. The first-order chi connectivity index (χ1) is 12.7. The lowest BCUT2D eigenvalue weighted by Crippen LogP contribution is -2.49. The molecule has 2 amide bonds. The van der Waals surface area contributed by atoms with Crippen LogP contribution in [0, 0.1) is 5.92 Å². The molecule has 1 heterocycles. The summed E-state index contributed by atoms with van der Waals surface area (Å²) in [5.74, 6) is -0.0418. The third-order valence-electron chi connectivity index (χ3n) is 5.62. The lowest BCUT2D eigenvalue weighted by atomic mass is 9.92. The number of methoxy groups -OCH3 is 1. The molecule has 1 saturated carbocycles. The fraction of sp³-hybridized carbons (Fsp3) is 0.619. The smallest absolute Gasteiger partial charge is 0.256 e. The van der Waals surface area contributed by atoms with Crippen LogP contribution in [-0.2, 0) is 14.3 Å². The molecule has 0 radical (unpaired) electrons. The molecule has 1 aliphatic heterocycles. The predicted molar refractivity (Wildman–Crippen MR) is 101 cm³/mol. The zero-order valence-electron chi connectivity index (χ0n) is 15.7. The monoisotopic (exact) mass is 358 g/mol. The second-order valence-electron chi connectivity index (χ2n) is 7.49. The molecule has 2 fully saturated rings. The van der Waals surface area contributed by atoms with Gasteiger partial charge in [-0.25, -0.2) is 0 Å². The van der Waals surface area contributed by atoms with Crippen LogP contribution in [0.5, 0.6) is 0 Å². The first kappa shape index (κ1) is 18.9. The van der Waals surface area contributed by atoms with Crippen LogP contribution in [0.2, 0.25) is 0 Å². The maximum Gasteiger partial charge on any atom is 0.256 e. The molecule has 3 rings (SSSR count). The van der Waals surface area contributed by atoms with Gasteiger partial charge in [-0.15, -0.1) is 0 Å². The minimum Gasteiger partial charge on any atom is -0.367 e. The number of rotatable bonds is 5. The van der Waals surface area contributed by atoms with E-state index in [1.165, 1.54) is 19.3 Å². The Morgan fingerprint density at radius 1 is 1.08 bits per heavy atom. The number of carbonyl (C=O) groups is 2. The molecule has 0 bridgehead atoms. The maximum atomic E-state index is 13.0. The van der Waals surface area contributed by atoms with Gasteiger partial charge < -0.3 is 15.0 Å². The Hall–Kier alpha value is -1.88. The van der Waals surface area contributed by atoms with Crippen molar-refractivity contribution in [3.63, 3.8) is 0 Å². The molecular weight excluding hydrogens is 328 g/mol. The molecule has 1 aliphatic carbocycles. The van der Waals surface area contributed by atoms with Gasteiger partial charge in [0.25, 0.3) is 5.91 Å². The number of hydrogen-bond donors (Lipinski definition) is 1. The van der Waals surface area contributed by atoms with Crippen LogP contribution in [0.3, 0.4) is 0 Å². The van der Waals surface area contributed by atoms with Gasteiger partial charge in [-0.1, -0.05) is 49.6 Å². The standard InChI is InChI=1S/C21H30N2O3/c1-26-19(16-9-4-2-5-10-16)21(25)23-14-8-11-17(15-23)20(24)22-18-12-6-3-7-13-18/h2,4-5,9-10,17-19H,3,6-8,11-15H2,1H3,(H,22,24). The third kappa shape index (κ3) is 4.64. The SMILES string of the molecule is COC(C(=O)N1CCCC(C(=O)NC2CCCCC2)C1)c1ccccc1. The summed E-state index contributed by atoms with van der Waals surface area (Å²) in [5, 5.41) is 3.21. The summed E-state index contributed by atoms with van der Waals surface area (Å²) < 4.78 is 5.48. The molecule has 5 heteroatoms. The number of piperidine rings is 1. The number of ether oxygens (including phenoxy) is 1. The molecular formula is C21H30N2O3. The molecule has 0 aromatic heterocycles. The highest BCUT2D eigenvalue weighted by atomic mass is 16.5. The lowest BCUT2D eigenvalue weighted by molar-refractivity contribution is -0.145. The minimum absolute atomic E-state index is 0.0473. The van der Waals surface area contributed by atoms with E-state index in [1.54, 1.807) is 12.0 Å². The van der Waals surface area contributed by atoms with Crippen molar-refractivity contribution in [1.29, 1.82) is 0 Å². The third-order valence-corrected chi connectivity index (χ3v) is 5.62. The van der Waals surface area contributed by atoms with E-state index >= 15 is 0 Å². The number of benzene rings is 1. The lowest BCUT2D eigenvalue weighted by Gasteiger charge is -2.35. The topological polar surface area (TPSA) is 58.6 Å². The number of nitrogens with zero attached hydrogens (tertiary/aromatic N) is 1. The highest BCUT2D eigenvalue weighted by Crippen LogP contribution is 2.25. The average molecular weight is 358 g/mol. The summed E-state index contributed by atoms with van der Waals surface area (Å²) in [6.45, 7) is 1.18. The molecule has 2 aliphatic rings. The summed E-state index contributed by atoms with van der Waals surface area (Å²) in [5.41, 5.74) is 0.855. The number of hydrogen-bond acceptors (Lipinski definition) is 3. The van der Waals surface area contributed by atoms with Crippen molar-refractivity contribution < 1.29 is 14.3 Å².